The molecule has 0 radical (unpaired) electrons. The van der Waals surface area contributed by atoms with Crippen LogP contribution in [0.3, 0.4) is 0 Å². The SMILES string of the molecule is O=C1CCc2c(Oc3ccc4c(c3)CC(C3=Nc5cccc(C(F)(F)F)c5C3)CO4)ccnc2N1. The third-order valence-corrected chi connectivity index (χ3v) is 6.59. The number of aromatic nitrogens is 1. The number of alkyl halides is 3. The Kier molecular flexibility index (Phi) is 5.01. The van der Waals surface area contributed by atoms with Crippen LogP contribution in [0.1, 0.15) is 28.7 Å². The lowest BCUT2D eigenvalue weighted by Gasteiger charge is -2.26. The lowest BCUT2D eigenvalue weighted by atomic mass is 9.89. The summed E-state index contributed by atoms with van der Waals surface area (Å²) in [4.78, 5) is 20.4. The number of rotatable bonds is 3. The molecule has 1 N–H and O–H groups in total. The molecule has 3 aliphatic rings. The van der Waals surface area contributed by atoms with E-state index in [1.54, 1.807) is 18.3 Å². The number of nitrogens with one attached hydrogen (secondary N) is 1. The van der Waals surface area contributed by atoms with E-state index in [2.05, 4.69) is 15.3 Å². The second-order valence-corrected chi connectivity index (χ2v) is 8.85. The molecule has 0 spiro atoms. The zero-order valence-electron chi connectivity index (χ0n) is 18.5. The third kappa shape index (κ3) is 4.00. The minimum absolute atomic E-state index is 0.0709. The number of fused-ring (bicyclic) bond motifs is 3. The number of aliphatic imine (C=N–C) groups is 1. The number of benzene rings is 2. The molecule has 0 bridgehead atoms. The van der Waals surface area contributed by atoms with Gasteiger partial charge in [0.25, 0.3) is 0 Å². The minimum Gasteiger partial charge on any atom is -0.493 e. The summed E-state index contributed by atoms with van der Waals surface area (Å²) in [6, 6.07) is 11.4. The summed E-state index contributed by atoms with van der Waals surface area (Å²) < 4.78 is 52.4. The molecule has 2 aromatic carbocycles. The lowest BCUT2D eigenvalue weighted by Crippen LogP contribution is -2.28. The maximum atomic E-state index is 13.4. The summed E-state index contributed by atoms with van der Waals surface area (Å²) in [7, 11) is 0. The maximum absolute atomic E-state index is 13.4. The van der Waals surface area contributed by atoms with Crippen molar-refractivity contribution in [3.8, 4) is 17.2 Å². The fourth-order valence-corrected chi connectivity index (χ4v) is 4.87. The Bertz CT molecular complexity index is 1380. The fourth-order valence-electron chi connectivity index (χ4n) is 4.87. The normalized spacial score (nSPS) is 18.5. The number of carbonyl (C=O) groups excluding carboxylic acids is 1. The van der Waals surface area contributed by atoms with Gasteiger partial charge in [0.2, 0.25) is 5.91 Å². The highest BCUT2D eigenvalue weighted by Crippen LogP contribution is 2.42. The molecular weight excluding hydrogens is 459 g/mol. The van der Waals surface area contributed by atoms with Gasteiger partial charge in [0.15, 0.2) is 0 Å². The van der Waals surface area contributed by atoms with Crippen molar-refractivity contribution < 1.29 is 27.4 Å². The van der Waals surface area contributed by atoms with Crippen LogP contribution in [0.4, 0.5) is 24.7 Å². The Morgan fingerprint density at radius 2 is 1.97 bits per heavy atom. The van der Waals surface area contributed by atoms with Crippen molar-refractivity contribution >= 4 is 23.1 Å². The molecule has 1 amide bonds. The smallest absolute Gasteiger partial charge is 0.416 e. The number of anilines is 1. The van der Waals surface area contributed by atoms with Crippen LogP contribution in [-0.4, -0.2) is 23.2 Å². The number of nitrogens with zero attached hydrogens (tertiary/aromatic N) is 2. The highest BCUT2D eigenvalue weighted by molar-refractivity contribution is 5.96. The van der Waals surface area contributed by atoms with Gasteiger partial charge in [-0.05, 0) is 60.4 Å². The van der Waals surface area contributed by atoms with Crippen molar-refractivity contribution in [2.45, 2.75) is 31.9 Å². The molecule has 0 saturated carbocycles. The van der Waals surface area contributed by atoms with E-state index in [0.29, 0.717) is 54.6 Å². The highest BCUT2D eigenvalue weighted by atomic mass is 19.4. The second-order valence-electron chi connectivity index (χ2n) is 8.85. The highest BCUT2D eigenvalue weighted by Gasteiger charge is 2.37. The number of ether oxygens (including phenoxy) is 2. The predicted octanol–water partition coefficient (Wildman–Crippen LogP) is 5.66. The molecule has 0 fully saturated rings. The van der Waals surface area contributed by atoms with Crippen LogP contribution in [0.25, 0.3) is 0 Å². The largest absolute Gasteiger partial charge is 0.493 e. The van der Waals surface area contributed by atoms with Crippen molar-refractivity contribution in [3.63, 3.8) is 0 Å². The first kappa shape index (κ1) is 21.6. The van der Waals surface area contributed by atoms with E-state index in [0.717, 1.165) is 22.9 Å². The first-order valence-electron chi connectivity index (χ1n) is 11.3. The summed E-state index contributed by atoms with van der Waals surface area (Å²) >= 11 is 0. The van der Waals surface area contributed by atoms with Gasteiger partial charge in [-0.15, -0.1) is 0 Å². The monoisotopic (exact) mass is 479 g/mol. The molecule has 35 heavy (non-hydrogen) atoms. The van der Waals surface area contributed by atoms with Crippen LogP contribution in [0, 0.1) is 5.92 Å². The molecule has 0 aliphatic carbocycles. The summed E-state index contributed by atoms with van der Waals surface area (Å²) in [6.45, 7) is 0.360. The molecule has 1 atom stereocenters. The lowest BCUT2D eigenvalue weighted by molar-refractivity contribution is -0.138. The zero-order valence-corrected chi connectivity index (χ0v) is 18.5. The number of amides is 1. The van der Waals surface area contributed by atoms with Crippen molar-refractivity contribution in [1.82, 2.24) is 4.98 Å². The average Bonchev–Trinajstić information content (AvgIpc) is 3.27. The number of hydrogen-bond donors (Lipinski definition) is 1. The molecule has 1 aromatic heterocycles. The quantitative estimate of drug-likeness (QED) is 0.526. The predicted molar refractivity (Wildman–Crippen MR) is 123 cm³/mol. The molecule has 0 saturated heterocycles. The standard InChI is InChI=1S/C26H20F3N3O3/c27-26(28,29)19-2-1-3-20-18(19)12-21(31-20)15-10-14-11-16(4-6-22(14)34-13-15)35-23-8-9-30-25-17(23)5-7-24(33)32-25/h1-4,6,8-9,11,15H,5,7,10,12-13H2,(H,30,32,33). The second kappa shape index (κ2) is 8.11. The molecule has 3 aromatic rings. The van der Waals surface area contributed by atoms with Crippen LogP contribution in [0.2, 0.25) is 0 Å². The third-order valence-electron chi connectivity index (χ3n) is 6.59. The van der Waals surface area contributed by atoms with Crippen LogP contribution in [-0.2, 0) is 30.2 Å². The Labute approximate surface area is 198 Å². The number of pyridine rings is 1. The summed E-state index contributed by atoms with van der Waals surface area (Å²) in [5, 5.41) is 2.76. The van der Waals surface area contributed by atoms with E-state index in [-0.39, 0.29) is 23.8 Å². The van der Waals surface area contributed by atoms with Gasteiger partial charge in [-0.25, -0.2) is 4.98 Å². The van der Waals surface area contributed by atoms with Crippen LogP contribution in [0.5, 0.6) is 17.2 Å². The number of carbonyl (C=O) groups is 1. The summed E-state index contributed by atoms with van der Waals surface area (Å²) in [6.07, 6.45) is -1.16. The van der Waals surface area contributed by atoms with Crippen LogP contribution < -0.4 is 14.8 Å². The van der Waals surface area contributed by atoms with E-state index >= 15 is 0 Å². The minimum atomic E-state index is -4.41. The van der Waals surface area contributed by atoms with Gasteiger partial charge in [-0.3, -0.25) is 9.79 Å². The Balaban J connectivity index is 1.22. The van der Waals surface area contributed by atoms with Crippen LogP contribution >= 0.6 is 0 Å². The van der Waals surface area contributed by atoms with Gasteiger partial charge < -0.3 is 14.8 Å². The van der Waals surface area contributed by atoms with Gasteiger partial charge in [-0.2, -0.15) is 13.2 Å². The van der Waals surface area contributed by atoms with Crippen molar-refractivity contribution in [3.05, 3.63) is 70.9 Å². The van der Waals surface area contributed by atoms with Gasteiger partial charge >= 0.3 is 6.18 Å². The van der Waals surface area contributed by atoms with E-state index in [4.69, 9.17) is 9.47 Å². The first-order valence-corrected chi connectivity index (χ1v) is 11.3. The van der Waals surface area contributed by atoms with Gasteiger partial charge in [-0.1, -0.05) is 6.07 Å². The average molecular weight is 479 g/mol. The molecule has 6 nitrogen and oxygen atoms in total. The summed E-state index contributed by atoms with van der Waals surface area (Å²) in [5.41, 5.74) is 2.44. The fraction of sp³-hybridized carbons (Fsp3) is 0.269. The molecule has 178 valence electrons. The van der Waals surface area contributed by atoms with Crippen molar-refractivity contribution in [2.75, 3.05) is 11.9 Å². The van der Waals surface area contributed by atoms with Gasteiger partial charge in [0.05, 0.1) is 17.9 Å². The van der Waals surface area contributed by atoms with Crippen molar-refractivity contribution in [1.29, 1.82) is 0 Å². The molecule has 1 unspecified atom stereocenters. The van der Waals surface area contributed by atoms with Gasteiger partial charge in [0, 0.05) is 36.2 Å². The molecule has 3 aliphatic heterocycles. The number of hydrogen-bond acceptors (Lipinski definition) is 5. The molecular formula is C26H20F3N3O3. The molecule has 6 rings (SSSR count). The zero-order chi connectivity index (χ0) is 24.2. The topological polar surface area (TPSA) is 72.8 Å². The maximum Gasteiger partial charge on any atom is 0.416 e. The Morgan fingerprint density at radius 1 is 1.09 bits per heavy atom. The van der Waals surface area contributed by atoms with Crippen LogP contribution in [0.15, 0.2) is 53.7 Å². The Morgan fingerprint density at radius 3 is 2.83 bits per heavy atom. The van der Waals surface area contributed by atoms with E-state index in [1.165, 1.54) is 6.07 Å². The van der Waals surface area contributed by atoms with E-state index in [1.807, 2.05) is 18.2 Å². The molecule has 4 heterocycles. The number of halogens is 3. The first-order chi connectivity index (χ1) is 16.8. The van der Waals surface area contributed by atoms with Gasteiger partial charge in [0.1, 0.15) is 23.1 Å². The summed E-state index contributed by atoms with van der Waals surface area (Å²) in [5.74, 6) is 2.27. The Hall–Kier alpha value is -3.88. The molecule has 9 heteroatoms. The van der Waals surface area contributed by atoms with E-state index in [9.17, 15) is 18.0 Å². The van der Waals surface area contributed by atoms with E-state index < -0.39 is 11.7 Å². The van der Waals surface area contributed by atoms with Crippen molar-refractivity contribution in [2.24, 2.45) is 10.9 Å².